The molecule has 0 saturated heterocycles. The van der Waals surface area contributed by atoms with Gasteiger partial charge in [-0.25, -0.2) is 9.97 Å². The Labute approximate surface area is 130 Å². The van der Waals surface area contributed by atoms with Gasteiger partial charge in [0.15, 0.2) is 0 Å². The van der Waals surface area contributed by atoms with Gasteiger partial charge in [0.25, 0.3) is 0 Å². The Morgan fingerprint density at radius 1 is 1.33 bits per heavy atom. The van der Waals surface area contributed by atoms with Crippen molar-refractivity contribution in [2.24, 2.45) is 5.92 Å². The Balaban J connectivity index is 1.92. The number of anilines is 1. The molecule has 1 N–H and O–H groups in total. The Bertz CT molecular complexity index is 660. The van der Waals surface area contributed by atoms with Crippen molar-refractivity contribution in [3.8, 4) is 0 Å². The monoisotopic (exact) mass is 304 g/mol. The first kappa shape index (κ1) is 14.7. The van der Waals surface area contributed by atoms with Gasteiger partial charge in [0, 0.05) is 18.0 Å². The lowest BCUT2D eigenvalue weighted by atomic mass is 10.2. The van der Waals surface area contributed by atoms with Crippen molar-refractivity contribution in [1.82, 2.24) is 14.9 Å². The second-order valence-corrected chi connectivity index (χ2v) is 7.40. The maximum atomic E-state index is 4.79. The Hall–Kier alpha value is -1.20. The molecule has 0 aliphatic heterocycles. The topological polar surface area (TPSA) is 41.1 Å². The summed E-state index contributed by atoms with van der Waals surface area (Å²) in [5, 5.41) is 4.42. The van der Waals surface area contributed by atoms with Crippen molar-refractivity contribution in [2.45, 2.75) is 46.2 Å². The first-order chi connectivity index (χ1) is 10.0. The van der Waals surface area contributed by atoms with E-state index in [0.717, 1.165) is 28.9 Å². The van der Waals surface area contributed by atoms with Crippen molar-refractivity contribution in [1.29, 1.82) is 0 Å². The van der Waals surface area contributed by atoms with Gasteiger partial charge < -0.3 is 5.32 Å². The molecule has 0 bridgehead atoms. The molecule has 1 saturated carbocycles. The largest absolute Gasteiger partial charge is 0.372 e. The van der Waals surface area contributed by atoms with E-state index in [0.29, 0.717) is 6.04 Å². The normalized spacial score (nSPS) is 16.7. The van der Waals surface area contributed by atoms with Gasteiger partial charge >= 0.3 is 0 Å². The standard InChI is InChI=1S/C16H24N4S/c1-9-11(3)21-16-14(9)15(17-4)18-13(19-16)8-20(5)10(2)12-6-7-12/h10,12H,6-8H2,1-5H3,(H,17,18,19). The molecule has 21 heavy (non-hydrogen) atoms. The van der Waals surface area contributed by atoms with E-state index < -0.39 is 0 Å². The van der Waals surface area contributed by atoms with Crippen LogP contribution in [0.1, 0.15) is 36.0 Å². The van der Waals surface area contributed by atoms with E-state index in [2.05, 4.69) is 38.0 Å². The highest BCUT2D eigenvalue weighted by molar-refractivity contribution is 7.18. The van der Waals surface area contributed by atoms with E-state index in [1.807, 2.05) is 7.05 Å². The van der Waals surface area contributed by atoms with Crippen LogP contribution in [0.2, 0.25) is 0 Å². The molecule has 2 aromatic rings. The molecule has 5 heteroatoms. The van der Waals surface area contributed by atoms with Gasteiger partial charge in [0.05, 0.1) is 11.9 Å². The van der Waals surface area contributed by atoms with Crippen LogP contribution >= 0.6 is 11.3 Å². The number of thiophene rings is 1. The Morgan fingerprint density at radius 3 is 2.67 bits per heavy atom. The van der Waals surface area contributed by atoms with Gasteiger partial charge in [-0.2, -0.15) is 0 Å². The molecule has 0 amide bonds. The van der Waals surface area contributed by atoms with Gasteiger partial charge in [-0.1, -0.05) is 0 Å². The fourth-order valence-electron chi connectivity index (χ4n) is 2.85. The lowest BCUT2D eigenvalue weighted by molar-refractivity contribution is 0.221. The SMILES string of the molecule is CNc1nc(CN(C)C(C)C2CC2)nc2sc(C)c(C)c12. The average molecular weight is 304 g/mol. The maximum Gasteiger partial charge on any atom is 0.146 e. The summed E-state index contributed by atoms with van der Waals surface area (Å²) in [6.07, 6.45) is 2.74. The van der Waals surface area contributed by atoms with Crippen molar-refractivity contribution >= 4 is 27.4 Å². The van der Waals surface area contributed by atoms with Crippen molar-refractivity contribution < 1.29 is 0 Å². The van der Waals surface area contributed by atoms with Crippen molar-refractivity contribution in [2.75, 3.05) is 19.4 Å². The molecule has 1 fully saturated rings. The molecule has 3 rings (SSSR count). The number of rotatable bonds is 5. The van der Waals surface area contributed by atoms with E-state index in [1.54, 1.807) is 11.3 Å². The van der Waals surface area contributed by atoms with E-state index in [9.17, 15) is 0 Å². The predicted octanol–water partition coefficient (Wildman–Crippen LogP) is 3.58. The van der Waals surface area contributed by atoms with Crippen LogP contribution < -0.4 is 5.32 Å². The quantitative estimate of drug-likeness (QED) is 0.916. The first-order valence-electron chi connectivity index (χ1n) is 7.66. The molecule has 1 aliphatic carbocycles. The molecule has 0 spiro atoms. The second-order valence-electron chi connectivity index (χ2n) is 6.19. The third-order valence-corrected chi connectivity index (χ3v) is 5.80. The van der Waals surface area contributed by atoms with E-state index >= 15 is 0 Å². The number of nitrogens with one attached hydrogen (secondary N) is 1. The summed E-state index contributed by atoms with van der Waals surface area (Å²) in [6, 6.07) is 0.620. The van der Waals surface area contributed by atoms with Crippen LogP contribution in [0, 0.1) is 19.8 Å². The number of fused-ring (bicyclic) bond motifs is 1. The smallest absolute Gasteiger partial charge is 0.146 e. The lowest BCUT2D eigenvalue weighted by Gasteiger charge is -2.23. The number of aryl methyl sites for hydroxylation is 2. The van der Waals surface area contributed by atoms with E-state index in [1.165, 1.54) is 28.7 Å². The molecule has 0 radical (unpaired) electrons. The van der Waals surface area contributed by atoms with Crippen LogP contribution in [0.3, 0.4) is 0 Å². The highest BCUT2D eigenvalue weighted by atomic mass is 32.1. The minimum atomic E-state index is 0.620. The van der Waals surface area contributed by atoms with Gasteiger partial charge in [0.2, 0.25) is 0 Å². The molecular weight excluding hydrogens is 280 g/mol. The van der Waals surface area contributed by atoms with Crippen molar-refractivity contribution in [3.63, 3.8) is 0 Å². The first-order valence-corrected chi connectivity index (χ1v) is 8.47. The second kappa shape index (κ2) is 5.54. The Morgan fingerprint density at radius 2 is 2.05 bits per heavy atom. The molecule has 1 aliphatic rings. The van der Waals surface area contributed by atoms with Crippen LogP contribution in [-0.2, 0) is 6.54 Å². The van der Waals surface area contributed by atoms with Crippen LogP contribution in [0.25, 0.3) is 10.2 Å². The maximum absolute atomic E-state index is 4.79. The van der Waals surface area contributed by atoms with Crippen LogP contribution in [0.4, 0.5) is 5.82 Å². The minimum absolute atomic E-state index is 0.620. The van der Waals surface area contributed by atoms with Crippen LogP contribution in [-0.4, -0.2) is 35.0 Å². The zero-order chi connectivity index (χ0) is 15.1. The highest BCUT2D eigenvalue weighted by Gasteiger charge is 2.30. The zero-order valence-electron chi connectivity index (χ0n) is 13.5. The van der Waals surface area contributed by atoms with E-state index in [-0.39, 0.29) is 0 Å². The molecule has 1 atom stereocenters. The summed E-state index contributed by atoms with van der Waals surface area (Å²) in [4.78, 5) is 14.3. The third kappa shape index (κ3) is 2.77. The Kier molecular flexibility index (Phi) is 3.88. The van der Waals surface area contributed by atoms with Crippen molar-refractivity contribution in [3.05, 3.63) is 16.3 Å². The highest BCUT2D eigenvalue weighted by Crippen LogP contribution is 2.36. The van der Waals surface area contributed by atoms with Gasteiger partial charge in [0.1, 0.15) is 16.5 Å². The predicted molar refractivity (Wildman–Crippen MR) is 90.1 cm³/mol. The average Bonchev–Trinajstić information content (AvgIpc) is 3.25. The zero-order valence-corrected chi connectivity index (χ0v) is 14.3. The summed E-state index contributed by atoms with van der Waals surface area (Å²) in [5.74, 6) is 2.75. The fourth-order valence-corrected chi connectivity index (χ4v) is 3.90. The van der Waals surface area contributed by atoms with Gasteiger partial charge in [-0.15, -0.1) is 11.3 Å². The summed E-state index contributed by atoms with van der Waals surface area (Å²) < 4.78 is 0. The molecule has 114 valence electrons. The molecular formula is C16H24N4S. The minimum Gasteiger partial charge on any atom is -0.372 e. The molecule has 2 aromatic heterocycles. The van der Waals surface area contributed by atoms with E-state index in [4.69, 9.17) is 9.97 Å². The molecule has 1 unspecified atom stereocenters. The number of hydrogen-bond acceptors (Lipinski definition) is 5. The summed E-state index contributed by atoms with van der Waals surface area (Å²) in [6.45, 7) is 7.44. The van der Waals surface area contributed by atoms with Gasteiger partial charge in [-0.05, 0) is 52.1 Å². The van der Waals surface area contributed by atoms with Gasteiger partial charge in [-0.3, -0.25) is 4.90 Å². The fraction of sp³-hybridized carbons (Fsp3) is 0.625. The third-order valence-electron chi connectivity index (χ3n) is 4.70. The molecule has 4 nitrogen and oxygen atoms in total. The molecule has 2 heterocycles. The summed E-state index contributed by atoms with van der Waals surface area (Å²) in [7, 11) is 4.12. The summed E-state index contributed by atoms with van der Waals surface area (Å²) >= 11 is 1.77. The molecule has 0 aromatic carbocycles. The number of hydrogen-bond donors (Lipinski definition) is 1. The van der Waals surface area contributed by atoms with Crippen LogP contribution in [0.5, 0.6) is 0 Å². The number of nitrogens with zero attached hydrogens (tertiary/aromatic N) is 3. The number of aromatic nitrogens is 2. The summed E-state index contributed by atoms with van der Waals surface area (Å²) in [5.41, 5.74) is 1.30. The van der Waals surface area contributed by atoms with Crippen LogP contribution in [0.15, 0.2) is 0 Å². The lowest BCUT2D eigenvalue weighted by Crippen LogP contribution is -2.31.